The lowest BCUT2D eigenvalue weighted by molar-refractivity contribution is 0.500. The minimum absolute atomic E-state index is 0.157. The van der Waals surface area contributed by atoms with E-state index in [1.807, 2.05) is 18.2 Å². The summed E-state index contributed by atoms with van der Waals surface area (Å²) in [5.74, 6) is 0. The van der Waals surface area contributed by atoms with E-state index in [1.54, 1.807) is 0 Å². The van der Waals surface area contributed by atoms with Gasteiger partial charge in [0.1, 0.15) is 6.17 Å². The molecule has 3 rings (SSSR count). The third kappa shape index (κ3) is 1.02. The number of hydrazine groups is 1. The number of hydrogen-bond acceptors (Lipinski definition) is 4. The number of benzene rings is 1. The van der Waals surface area contributed by atoms with Gasteiger partial charge in [-0.1, -0.05) is 18.2 Å². The molecule has 2 aliphatic rings. The second-order valence-electron chi connectivity index (χ2n) is 3.64. The monoisotopic (exact) mass is 188 g/mol. The quantitative estimate of drug-likeness (QED) is 0.451. The molecule has 2 unspecified atom stereocenters. The van der Waals surface area contributed by atoms with Gasteiger partial charge in [0.05, 0.1) is 11.4 Å². The maximum atomic E-state index is 5.94. The first kappa shape index (κ1) is 8.11. The largest absolute Gasteiger partial charge is 0.308 e. The van der Waals surface area contributed by atoms with E-state index in [0.29, 0.717) is 0 Å². The van der Waals surface area contributed by atoms with Gasteiger partial charge < -0.3 is 5.73 Å². The van der Waals surface area contributed by atoms with Crippen molar-refractivity contribution < 1.29 is 0 Å². The van der Waals surface area contributed by atoms with E-state index in [9.17, 15) is 0 Å². The van der Waals surface area contributed by atoms with Crippen molar-refractivity contribution in [3.05, 3.63) is 34.8 Å². The Hall–Kier alpha value is -1.23. The summed E-state index contributed by atoms with van der Waals surface area (Å²) in [5, 5.41) is 2.23. The van der Waals surface area contributed by atoms with Gasteiger partial charge in [-0.05, 0) is 11.6 Å². The molecule has 72 valence electrons. The maximum Gasteiger partial charge on any atom is 0.118 e. The molecule has 4 nitrogen and oxygen atoms in total. The van der Waals surface area contributed by atoms with Gasteiger partial charge in [0.2, 0.25) is 0 Å². The first-order chi connectivity index (χ1) is 6.86. The molecule has 1 saturated heterocycles. The van der Waals surface area contributed by atoms with Crippen LogP contribution in [0.15, 0.2) is 29.3 Å². The molecule has 14 heavy (non-hydrogen) atoms. The number of rotatable bonds is 0. The number of nitrogens with zero attached hydrogens (tertiary/aromatic N) is 1. The average Bonchev–Trinajstić information content (AvgIpc) is 2.67. The van der Waals surface area contributed by atoms with Crippen LogP contribution in [0, 0.1) is 0 Å². The van der Waals surface area contributed by atoms with Crippen molar-refractivity contribution in [1.82, 2.24) is 10.9 Å². The van der Waals surface area contributed by atoms with E-state index in [2.05, 4.69) is 21.9 Å². The van der Waals surface area contributed by atoms with E-state index in [4.69, 9.17) is 5.73 Å². The minimum atomic E-state index is -0.171. The number of hydrogen-bond donors (Lipinski definition) is 3. The Bertz CT molecular complexity index is 479. The summed E-state index contributed by atoms with van der Waals surface area (Å²) in [7, 11) is 0. The Labute approximate surface area is 81.5 Å². The molecule has 0 aromatic heterocycles. The van der Waals surface area contributed by atoms with Crippen molar-refractivity contribution in [2.75, 3.05) is 6.54 Å². The van der Waals surface area contributed by atoms with Crippen molar-refractivity contribution in [1.29, 1.82) is 0 Å². The van der Waals surface area contributed by atoms with Gasteiger partial charge in [0, 0.05) is 11.8 Å². The molecule has 2 atom stereocenters. The van der Waals surface area contributed by atoms with Gasteiger partial charge in [-0.2, -0.15) is 0 Å². The van der Waals surface area contributed by atoms with E-state index in [1.165, 1.54) is 10.8 Å². The van der Waals surface area contributed by atoms with Crippen LogP contribution in [0.1, 0.15) is 0 Å². The van der Waals surface area contributed by atoms with Crippen LogP contribution in [0.3, 0.4) is 0 Å². The first-order valence-electron chi connectivity index (χ1n) is 4.76. The zero-order chi connectivity index (χ0) is 9.54. The fraction of sp³-hybridized carbons (Fsp3) is 0.300. The number of para-hydroxylation sites is 1. The topological polar surface area (TPSA) is 62.4 Å². The number of nitrogens with one attached hydrogen (secondary N) is 2. The molecule has 1 aromatic rings. The molecule has 0 radical (unpaired) electrons. The summed E-state index contributed by atoms with van der Waals surface area (Å²) in [4.78, 5) is 4.44. The number of nitrogens with two attached hydrogens (primary N) is 1. The molecule has 0 bridgehead atoms. The van der Waals surface area contributed by atoms with Crippen LogP contribution in [-0.4, -0.2) is 18.8 Å². The van der Waals surface area contributed by atoms with Crippen molar-refractivity contribution in [2.45, 2.75) is 12.2 Å². The predicted molar refractivity (Wildman–Crippen MR) is 53.5 cm³/mol. The van der Waals surface area contributed by atoms with Gasteiger partial charge >= 0.3 is 0 Å². The van der Waals surface area contributed by atoms with Gasteiger partial charge in [-0.25, -0.2) is 5.43 Å². The van der Waals surface area contributed by atoms with Crippen LogP contribution < -0.4 is 27.2 Å². The Kier molecular flexibility index (Phi) is 1.67. The highest BCUT2D eigenvalue weighted by molar-refractivity contribution is 5.56. The Balaban J connectivity index is 2.37. The maximum absolute atomic E-state index is 5.94. The Morgan fingerprint density at radius 3 is 3.14 bits per heavy atom. The van der Waals surface area contributed by atoms with Crippen molar-refractivity contribution >= 4 is 5.57 Å². The lowest BCUT2D eigenvalue weighted by Crippen LogP contribution is -2.50. The molecule has 1 aromatic carbocycles. The molecule has 0 aliphatic carbocycles. The summed E-state index contributed by atoms with van der Waals surface area (Å²) in [6.07, 6.45) is -0.171. The highest BCUT2D eigenvalue weighted by atomic mass is 15.4. The number of fused-ring (bicyclic) bond motifs is 2. The van der Waals surface area contributed by atoms with Gasteiger partial charge in [0.15, 0.2) is 0 Å². The van der Waals surface area contributed by atoms with E-state index in [0.717, 1.165) is 11.9 Å². The first-order valence-corrected chi connectivity index (χ1v) is 4.76. The van der Waals surface area contributed by atoms with Gasteiger partial charge in [-0.15, -0.1) is 0 Å². The van der Waals surface area contributed by atoms with Crippen LogP contribution >= 0.6 is 0 Å². The highest BCUT2D eigenvalue weighted by Crippen LogP contribution is 2.10. The van der Waals surface area contributed by atoms with E-state index < -0.39 is 0 Å². The molecular formula is C10H12N4. The van der Waals surface area contributed by atoms with Crippen molar-refractivity contribution in [2.24, 2.45) is 10.7 Å². The molecule has 1 fully saturated rings. The Morgan fingerprint density at radius 1 is 1.36 bits per heavy atom. The van der Waals surface area contributed by atoms with Crippen LogP contribution in [0.4, 0.5) is 0 Å². The summed E-state index contributed by atoms with van der Waals surface area (Å²) in [5.41, 5.74) is 13.5. The SMILES string of the molecule is NC1N=c2ccccc2=C2CNNC21. The van der Waals surface area contributed by atoms with E-state index >= 15 is 0 Å². The summed E-state index contributed by atoms with van der Waals surface area (Å²) >= 11 is 0. The lowest BCUT2D eigenvalue weighted by atomic mass is 10.0. The third-order valence-electron chi connectivity index (χ3n) is 2.79. The van der Waals surface area contributed by atoms with Crippen LogP contribution in [0.5, 0.6) is 0 Å². The smallest absolute Gasteiger partial charge is 0.118 e. The molecule has 4 heteroatoms. The minimum Gasteiger partial charge on any atom is -0.308 e. The molecule has 0 spiro atoms. The standard InChI is InChI=1S/C10H12N4/c11-10-9-7(5-12-14-9)6-3-1-2-4-8(6)13-10/h1-4,9-10,12,14H,5,11H2. The third-order valence-corrected chi connectivity index (χ3v) is 2.79. The van der Waals surface area contributed by atoms with Crippen LogP contribution in [0.25, 0.3) is 5.57 Å². The summed E-state index contributed by atoms with van der Waals surface area (Å²) < 4.78 is 0. The summed E-state index contributed by atoms with van der Waals surface area (Å²) in [6, 6.07) is 8.29. The molecule has 2 aliphatic heterocycles. The van der Waals surface area contributed by atoms with Crippen LogP contribution in [-0.2, 0) is 0 Å². The van der Waals surface area contributed by atoms with Gasteiger partial charge in [0.25, 0.3) is 0 Å². The zero-order valence-corrected chi connectivity index (χ0v) is 7.70. The normalized spacial score (nSPS) is 29.4. The average molecular weight is 188 g/mol. The van der Waals surface area contributed by atoms with Crippen molar-refractivity contribution in [3.8, 4) is 0 Å². The van der Waals surface area contributed by atoms with Crippen molar-refractivity contribution in [3.63, 3.8) is 0 Å². The second-order valence-corrected chi connectivity index (χ2v) is 3.64. The zero-order valence-electron chi connectivity index (χ0n) is 7.70. The highest BCUT2D eigenvalue weighted by Gasteiger charge is 2.28. The fourth-order valence-electron chi connectivity index (χ4n) is 2.10. The Morgan fingerprint density at radius 2 is 2.21 bits per heavy atom. The van der Waals surface area contributed by atoms with Gasteiger partial charge in [-0.3, -0.25) is 10.4 Å². The molecule has 0 amide bonds. The fourth-order valence-corrected chi connectivity index (χ4v) is 2.10. The second kappa shape index (κ2) is 2.88. The molecule has 0 saturated carbocycles. The molecule has 4 N–H and O–H groups in total. The van der Waals surface area contributed by atoms with Crippen LogP contribution in [0.2, 0.25) is 0 Å². The van der Waals surface area contributed by atoms with E-state index in [-0.39, 0.29) is 12.2 Å². The lowest BCUT2D eigenvalue weighted by Gasteiger charge is -2.19. The molecular weight excluding hydrogens is 176 g/mol. The predicted octanol–water partition coefficient (Wildman–Crippen LogP) is -1.77. The summed E-state index contributed by atoms with van der Waals surface area (Å²) in [6.45, 7) is 0.852. The molecule has 2 heterocycles.